The number of carbonyl (C=O) groups excluding carboxylic acids is 2. The van der Waals surface area contributed by atoms with Crippen molar-refractivity contribution in [3.05, 3.63) is 59.7 Å². The molecule has 0 aliphatic carbocycles. The second-order valence-electron chi connectivity index (χ2n) is 7.59. The van der Waals surface area contributed by atoms with Gasteiger partial charge >= 0.3 is 0 Å². The summed E-state index contributed by atoms with van der Waals surface area (Å²) < 4.78 is 0. The predicted molar refractivity (Wildman–Crippen MR) is 116 cm³/mol. The number of nitrogens with one attached hydrogen (secondary N) is 2. The molecule has 28 heavy (non-hydrogen) atoms. The Balaban J connectivity index is 2.13. The highest BCUT2D eigenvalue weighted by molar-refractivity contribution is 6.20. The third-order valence-electron chi connectivity index (χ3n) is 4.47. The summed E-state index contributed by atoms with van der Waals surface area (Å²) in [5.41, 5.74) is 2.34. The largest absolute Gasteiger partial charge is 0.377 e. The molecule has 0 aromatic heterocycles. The molecule has 0 heterocycles. The zero-order valence-corrected chi connectivity index (χ0v) is 17.6. The van der Waals surface area contributed by atoms with Crippen LogP contribution in [0.1, 0.15) is 29.8 Å². The highest BCUT2D eigenvalue weighted by Crippen LogP contribution is 2.25. The van der Waals surface area contributed by atoms with Crippen LogP contribution in [-0.2, 0) is 11.2 Å². The third kappa shape index (κ3) is 5.73. The smallest absolute Gasteiger partial charge is 0.253 e. The van der Waals surface area contributed by atoms with Crippen molar-refractivity contribution in [2.45, 2.75) is 20.3 Å². The minimum absolute atomic E-state index is 0.174. The Bertz CT molecular complexity index is 820. The van der Waals surface area contributed by atoms with Gasteiger partial charge in [-0.2, -0.15) is 0 Å². The number of rotatable bonds is 8. The summed E-state index contributed by atoms with van der Waals surface area (Å²) in [6.45, 7) is 4.09. The lowest BCUT2D eigenvalue weighted by Gasteiger charge is -2.22. The average Bonchev–Trinajstić information content (AvgIpc) is 2.68. The van der Waals surface area contributed by atoms with Crippen LogP contribution in [-0.4, -0.2) is 38.3 Å². The van der Waals surface area contributed by atoms with Crippen molar-refractivity contribution < 1.29 is 9.59 Å². The molecule has 2 aromatic carbocycles. The van der Waals surface area contributed by atoms with Gasteiger partial charge in [0.05, 0.1) is 11.0 Å². The first kappa shape index (κ1) is 21.8. The molecule has 0 saturated heterocycles. The van der Waals surface area contributed by atoms with Crippen LogP contribution in [0.4, 0.5) is 11.4 Å². The van der Waals surface area contributed by atoms with Crippen LogP contribution in [0.15, 0.2) is 48.5 Å². The van der Waals surface area contributed by atoms with Crippen molar-refractivity contribution >= 4 is 34.8 Å². The molecule has 5 nitrogen and oxygen atoms in total. The SMILES string of the molecule is CN(C)c1ccc(NC(=O)C(C)(C)CCl)cc1C(=O)NCCc1ccccc1. The number of hydrogen-bond donors (Lipinski definition) is 2. The molecule has 0 radical (unpaired) electrons. The van der Waals surface area contributed by atoms with Crippen molar-refractivity contribution in [3.63, 3.8) is 0 Å². The molecule has 2 amide bonds. The number of alkyl halides is 1. The molecular formula is C22H28ClN3O2. The number of amides is 2. The molecule has 2 N–H and O–H groups in total. The molecular weight excluding hydrogens is 374 g/mol. The van der Waals surface area contributed by atoms with E-state index in [-0.39, 0.29) is 17.7 Å². The fourth-order valence-corrected chi connectivity index (χ4v) is 2.73. The van der Waals surface area contributed by atoms with Gasteiger partial charge in [-0.15, -0.1) is 11.6 Å². The summed E-state index contributed by atoms with van der Waals surface area (Å²) in [5, 5.41) is 5.82. The normalized spacial score (nSPS) is 11.0. The predicted octanol–water partition coefficient (Wildman–Crippen LogP) is 3.93. The first-order chi connectivity index (χ1) is 13.2. The highest BCUT2D eigenvalue weighted by Gasteiger charge is 2.27. The minimum Gasteiger partial charge on any atom is -0.377 e. The second-order valence-corrected chi connectivity index (χ2v) is 7.86. The molecule has 0 atom stereocenters. The van der Waals surface area contributed by atoms with E-state index in [9.17, 15) is 9.59 Å². The van der Waals surface area contributed by atoms with Gasteiger partial charge in [0.25, 0.3) is 5.91 Å². The van der Waals surface area contributed by atoms with Crippen LogP contribution in [0.2, 0.25) is 0 Å². The number of halogens is 1. The van der Waals surface area contributed by atoms with Crippen molar-refractivity contribution in [2.24, 2.45) is 5.41 Å². The van der Waals surface area contributed by atoms with Gasteiger partial charge in [-0.3, -0.25) is 9.59 Å². The molecule has 0 saturated carbocycles. The van der Waals surface area contributed by atoms with Gasteiger partial charge in [-0.05, 0) is 44.0 Å². The van der Waals surface area contributed by atoms with Gasteiger partial charge in [0.2, 0.25) is 5.91 Å². The summed E-state index contributed by atoms with van der Waals surface area (Å²) in [6, 6.07) is 15.3. The van der Waals surface area contributed by atoms with Crippen LogP contribution in [0.3, 0.4) is 0 Å². The van der Waals surface area contributed by atoms with Crippen LogP contribution in [0.5, 0.6) is 0 Å². The third-order valence-corrected chi connectivity index (χ3v) is 5.14. The topological polar surface area (TPSA) is 61.4 Å². The van der Waals surface area contributed by atoms with Crippen molar-refractivity contribution in [1.29, 1.82) is 0 Å². The van der Waals surface area contributed by atoms with E-state index >= 15 is 0 Å². The van der Waals surface area contributed by atoms with Gasteiger partial charge in [0.1, 0.15) is 0 Å². The molecule has 2 rings (SSSR count). The number of carbonyl (C=O) groups is 2. The summed E-state index contributed by atoms with van der Waals surface area (Å²) >= 11 is 5.88. The maximum absolute atomic E-state index is 12.8. The van der Waals surface area contributed by atoms with E-state index in [1.165, 1.54) is 5.56 Å². The fraction of sp³-hybridized carbons (Fsp3) is 0.364. The van der Waals surface area contributed by atoms with E-state index in [0.717, 1.165) is 12.1 Å². The summed E-state index contributed by atoms with van der Waals surface area (Å²) in [4.78, 5) is 27.0. The molecule has 0 fully saturated rings. The van der Waals surface area contributed by atoms with Gasteiger partial charge < -0.3 is 15.5 Å². The first-order valence-corrected chi connectivity index (χ1v) is 9.79. The Morgan fingerprint density at radius 3 is 2.36 bits per heavy atom. The molecule has 0 aliphatic heterocycles. The van der Waals surface area contributed by atoms with Crippen LogP contribution in [0.25, 0.3) is 0 Å². The Kier molecular flexibility index (Phi) is 7.46. The van der Waals surface area contributed by atoms with E-state index < -0.39 is 5.41 Å². The summed E-state index contributed by atoms with van der Waals surface area (Å²) in [5.74, 6) is -0.149. The molecule has 0 aliphatic rings. The Labute approximate surface area is 172 Å². The average molecular weight is 402 g/mol. The summed E-state index contributed by atoms with van der Waals surface area (Å²) in [7, 11) is 3.76. The molecule has 6 heteroatoms. The molecule has 0 bridgehead atoms. The van der Waals surface area contributed by atoms with Crippen LogP contribution >= 0.6 is 11.6 Å². The van der Waals surface area contributed by atoms with E-state index in [2.05, 4.69) is 10.6 Å². The van der Waals surface area contributed by atoms with Gasteiger partial charge in [0, 0.05) is 37.9 Å². The van der Waals surface area contributed by atoms with Crippen LogP contribution in [0, 0.1) is 5.41 Å². The number of benzene rings is 2. The Morgan fingerprint density at radius 1 is 1.07 bits per heavy atom. The lowest BCUT2D eigenvalue weighted by atomic mass is 9.95. The lowest BCUT2D eigenvalue weighted by Crippen LogP contribution is -2.32. The number of hydrogen-bond acceptors (Lipinski definition) is 3. The van der Waals surface area contributed by atoms with Crippen LogP contribution < -0.4 is 15.5 Å². The first-order valence-electron chi connectivity index (χ1n) is 9.25. The minimum atomic E-state index is -0.695. The van der Waals surface area contributed by atoms with Crippen molar-refractivity contribution in [3.8, 4) is 0 Å². The summed E-state index contributed by atoms with van der Waals surface area (Å²) in [6.07, 6.45) is 0.754. The van der Waals surface area contributed by atoms with E-state index in [1.54, 1.807) is 26.0 Å². The number of anilines is 2. The number of nitrogens with zero attached hydrogens (tertiary/aromatic N) is 1. The quantitative estimate of drug-likeness (QED) is 0.659. The van der Waals surface area contributed by atoms with Crippen molar-refractivity contribution in [2.75, 3.05) is 36.7 Å². The lowest BCUT2D eigenvalue weighted by molar-refractivity contribution is -0.122. The zero-order valence-electron chi connectivity index (χ0n) is 16.9. The molecule has 2 aromatic rings. The van der Waals surface area contributed by atoms with Gasteiger partial charge in [-0.1, -0.05) is 30.3 Å². The second kappa shape index (κ2) is 9.60. The standard InChI is InChI=1S/C22H28ClN3O2/c1-22(2,15-23)21(28)25-17-10-11-19(26(3)4)18(14-17)20(27)24-13-12-16-8-6-5-7-9-16/h5-11,14H,12-13,15H2,1-4H3,(H,24,27)(H,25,28). The molecule has 0 spiro atoms. The Morgan fingerprint density at radius 2 is 1.75 bits per heavy atom. The highest BCUT2D eigenvalue weighted by atomic mass is 35.5. The van der Waals surface area contributed by atoms with E-state index in [1.807, 2.05) is 55.4 Å². The maximum Gasteiger partial charge on any atom is 0.253 e. The van der Waals surface area contributed by atoms with E-state index in [4.69, 9.17) is 11.6 Å². The Hall–Kier alpha value is -2.53. The zero-order chi connectivity index (χ0) is 20.7. The maximum atomic E-state index is 12.8. The fourth-order valence-electron chi connectivity index (χ4n) is 2.61. The molecule has 150 valence electrons. The van der Waals surface area contributed by atoms with Gasteiger partial charge in [-0.25, -0.2) is 0 Å². The van der Waals surface area contributed by atoms with Crippen molar-refractivity contribution in [1.82, 2.24) is 5.32 Å². The van der Waals surface area contributed by atoms with Gasteiger partial charge in [0.15, 0.2) is 0 Å². The van der Waals surface area contributed by atoms with E-state index in [0.29, 0.717) is 17.8 Å². The molecule has 0 unspecified atom stereocenters. The monoisotopic (exact) mass is 401 g/mol.